The van der Waals surface area contributed by atoms with Crippen molar-refractivity contribution in [1.82, 2.24) is 9.97 Å². The number of amides is 2. The molecule has 0 bridgehead atoms. The van der Waals surface area contributed by atoms with Gasteiger partial charge in [-0.2, -0.15) is 17.6 Å². The van der Waals surface area contributed by atoms with E-state index in [0.29, 0.717) is 23.2 Å². The Labute approximate surface area is 197 Å². The van der Waals surface area contributed by atoms with Crippen molar-refractivity contribution >= 4 is 40.0 Å². The van der Waals surface area contributed by atoms with E-state index in [4.69, 9.17) is 16.3 Å². The summed E-state index contributed by atoms with van der Waals surface area (Å²) in [6, 6.07) is 5.84. The minimum atomic E-state index is -4.79. The molecular formula is C22H11ClF6N4O2. The molecule has 0 saturated carbocycles. The molecule has 1 heterocycles. The number of rotatable bonds is 4. The topological polar surface area (TPSA) is 76.1 Å². The van der Waals surface area contributed by atoms with Gasteiger partial charge in [-0.1, -0.05) is 11.6 Å². The molecule has 6 nitrogen and oxygen atoms in total. The number of hydrogen-bond acceptors (Lipinski definition) is 4. The first-order chi connectivity index (χ1) is 16.5. The van der Waals surface area contributed by atoms with Crippen LogP contribution in [0.5, 0.6) is 11.5 Å². The van der Waals surface area contributed by atoms with Gasteiger partial charge < -0.3 is 15.4 Å². The van der Waals surface area contributed by atoms with E-state index in [1.165, 1.54) is 30.6 Å². The Bertz CT molecular complexity index is 1450. The van der Waals surface area contributed by atoms with Crippen molar-refractivity contribution in [2.45, 2.75) is 6.18 Å². The van der Waals surface area contributed by atoms with Crippen molar-refractivity contribution in [3.8, 4) is 11.5 Å². The Kier molecular flexibility index (Phi) is 6.39. The van der Waals surface area contributed by atoms with Crippen LogP contribution in [-0.4, -0.2) is 16.0 Å². The van der Waals surface area contributed by atoms with Crippen LogP contribution in [0.25, 0.3) is 11.0 Å². The first kappa shape index (κ1) is 24.1. The van der Waals surface area contributed by atoms with Gasteiger partial charge in [0.05, 0.1) is 27.3 Å². The molecule has 4 rings (SSSR count). The molecule has 4 aromatic rings. The predicted octanol–water partition coefficient (Wildman–Crippen LogP) is 7.16. The average Bonchev–Trinajstić information content (AvgIpc) is 2.80. The standard InChI is InChI=1S/C22H11ClF6N4O2/c23-13-3-1-10(7-12(13)22(27,28)29)32-21(34)33-17-9-14(24)20(19(26)18(17)25)35-11-2-4-15-16(8-11)31-6-5-30-15/h1-9H,(H2,32,33,34). The number of alkyl halides is 3. The number of hydrogen-bond donors (Lipinski definition) is 2. The number of nitrogens with one attached hydrogen (secondary N) is 2. The van der Waals surface area contributed by atoms with Gasteiger partial charge >= 0.3 is 12.2 Å². The van der Waals surface area contributed by atoms with Gasteiger partial charge in [0.2, 0.25) is 11.6 Å². The zero-order valence-corrected chi connectivity index (χ0v) is 17.8. The highest BCUT2D eigenvalue weighted by atomic mass is 35.5. The van der Waals surface area contributed by atoms with Crippen molar-refractivity contribution in [3.63, 3.8) is 0 Å². The normalized spacial score (nSPS) is 11.4. The molecular weight excluding hydrogens is 502 g/mol. The number of anilines is 2. The van der Waals surface area contributed by atoms with Crippen LogP contribution in [0.4, 0.5) is 42.5 Å². The number of halogens is 7. The zero-order valence-electron chi connectivity index (χ0n) is 17.1. The molecule has 0 saturated heterocycles. The maximum absolute atomic E-state index is 14.5. The van der Waals surface area contributed by atoms with Gasteiger partial charge in [0.1, 0.15) is 5.75 Å². The molecule has 0 fully saturated rings. The van der Waals surface area contributed by atoms with Gasteiger partial charge in [-0.25, -0.2) is 13.6 Å². The van der Waals surface area contributed by atoms with E-state index in [9.17, 15) is 31.1 Å². The molecule has 180 valence electrons. The second kappa shape index (κ2) is 9.29. The van der Waals surface area contributed by atoms with Crippen LogP contribution in [0.1, 0.15) is 5.56 Å². The number of carbonyl (C=O) groups excluding carboxylic acids is 1. The Morgan fingerprint density at radius 3 is 2.31 bits per heavy atom. The van der Waals surface area contributed by atoms with E-state index in [1.54, 1.807) is 0 Å². The van der Waals surface area contributed by atoms with Crippen LogP contribution in [0, 0.1) is 17.5 Å². The van der Waals surface area contributed by atoms with Crippen LogP contribution in [-0.2, 0) is 6.18 Å². The molecule has 0 aliphatic carbocycles. The summed E-state index contributed by atoms with van der Waals surface area (Å²) in [6.45, 7) is 0. The quantitative estimate of drug-likeness (QED) is 0.225. The minimum Gasteiger partial charge on any atom is -0.451 e. The first-order valence-corrected chi connectivity index (χ1v) is 9.91. The Balaban J connectivity index is 1.54. The highest BCUT2D eigenvalue weighted by Crippen LogP contribution is 2.37. The molecule has 2 N–H and O–H groups in total. The Hall–Kier alpha value is -4.06. The molecule has 2 amide bonds. The Morgan fingerprint density at radius 1 is 0.886 bits per heavy atom. The molecule has 1 aromatic heterocycles. The summed E-state index contributed by atoms with van der Waals surface area (Å²) in [5, 5.41) is 3.23. The molecule has 13 heteroatoms. The summed E-state index contributed by atoms with van der Waals surface area (Å²) in [4.78, 5) is 20.2. The average molecular weight is 513 g/mol. The van der Waals surface area contributed by atoms with Crippen molar-refractivity contribution < 1.29 is 35.9 Å². The monoisotopic (exact) mass is 512 g/mol. The second-order valence-electron chi connectivity index (χ2n) is 6.94. The summed E-state index contributed by atoms with van der Waals surface area (Å²) >= 11 is 5.50. The summed E-state index contributed by atoms with van der Waals surface area (Å²) < 4.78 is 87.6. The largest absolute Gasteiger partial charge is 0.451 e. The SMILES string of the molecule is O=C(Nc1ccc(Cl)c(C(F)(F)F)c1)Nc1cc(F)c(Oc2ccc3nccnc3c2)c(F)c1F. The Morgan fingerprint density at radius 2 is 1.60 bits per heavy atom. The van der Waals surface area contributed by atoms with Crippen molar-refractivity contribution in [2.75, 3.05) is 10.6 Å². The number of urea groups is 1. The fourth-order valence-corrected chi connectivity index (χ4v) is 3.22. The van der Waals surface area contributed by atoms with Gasteiger partial charge in [0.15, 0.2) is 11.6 Å². The summed E-state index contributed by atoms with van der Waals surface area (Å²) in [6.07, 6.45) is -1.95. The van der Waals surface area contributed by atoms with Crippen LogP contribution in [0.2, 0.25) is 5.02 Å². The van der Waals surface area contributed by atoms with Crippen LogP contribution in [0.3, 0.4) is 0 Å². The molecule has 0 aliphatic heterocycles. The summed E-state index contributed by atoms with van der Waals surface area (Å²) in [7, 11) is 0. The fraction of sp³-hybridized carbons (Fsp3) is 0.0455. The highest BCUT2D eigenvalue weighted by molar-refractivity contribution is 6.31. The summed E-state index contributed by atoms with van der Waals surface area (Å²) in [5.41, 5.74) is -1.64. The third-order valence-electron chi connectivity index (χ3n) is 4.56. The number of carbonyl (C=O) groups is 1. The first-order valence-electron chi connectivity index (χ1n) is 9.54. The van der Waals surface area contributed by atoms with Crippen LogP contribution in [0.15, 0.2) is 54.9 Å². The maximum atomic E-state index is 14.5. The van der Waals surface area contributed by atoms with Gasteiger partial charge in [-0.15, -0.1) is 0 Å². The van der Waals surface area contributed by atoms with E-state index in [0.717, 1.165) is 12.1 Å². The third-order valence-corrected chi connectivity index (χ3v) is 4.88. The number of aromatic nitrogens is 2. The van der Waals surface area contributed by atoms with E-state index in [2.05, 4.69) is 9.97 Å². The van der Waals surface area contributed by atoms with Crippen LogP contribution < -0.4 is 15.4 Å². The second-order valence-corrected chi connectivity index (χ2v) is 7.35. The predicted molar refractivity (Wildman–Crippen MR) is 115 cm³/mol. The maximum Gasteiger partial charge on any atom is 0.417 e. The van der Waals surface area contributed by atoms with Gasteiger partial charge in [-0.3, -0.25) is 9.97 Å². The van der Waals surface area contributed by atoms with E-state index in [-0.39, 0.29) is 11.4 Å². The molecule has 3 aromatic carbocycles. The molecule has 0 unspecified atom stereocenters. The van der Waals surface area contributed by atoms with E-state index >= 15 is 0 Å². The van der Waals surface area contributed by atoms with Crippen molar-refractivity contribution in [3.05, 3.63) is 82.9 Å². The number of nitrogens with zero attached hydrogens (tertiary/aromatic N) is 2. The number of fused-ring (bicyclic) bond motifs is 1. The van der Waals surface area contributed by atoms with Gasteiger partial charge in [0, 0.05) is 30.2 Å². The number of benzene rings is 3. The lowest BCUT2D eigenvalue weighted by atomic mass is 10.2. The molecule has 0 aliphatic rings. The molecule has 35 heavy (non-hydrogen) atoms. The lowest BCUT2D eigenvalue weighted by molar-refractivity contribution is -0.137. The molecule has 0 radical (unpaired) electrons. The zero-order chi connectivity index (χ0) is 25.3. The minimum absolute atomic E-state index is 0.0585. The molecule has 0 atom stereocenters. The van der Waals surface area contributed by atoms with Gasteiger partial charge in [0.25, 0.3) is 0 Å². The fourth-order valence-electron chi connectivity index (χ4n) is 2.99. The van der Waals surface area contributed by atoms with E-state index < -0.39 is 51.7 Å². The third kappa shape index (κ3) is 5.22. The highest BCUT2D eigenvalue weighted by Gasteiger charge is 2.33. The van der Waals surface area contributed by atoms with Crippen molar-refractivity contribution in [1.29, 1.82) is 0 Å². The molecule has 0 spiro atoms. The van der Waals surface area contributed by atoms with Crippen LogP contribution >= 0.6 is 11.6 Å². The summed E-state index contributed by atoms with van der Waals surface area (Å²) in [5.74, 6) is -5.90. The number of ether oxygens (including phenoxy) is 1. The van der Waals surface area contributed by atoms with E-state index in [1.807, 2.05) is 10.6 Å². The van der Waals surface area contributed by atoms with Gasteiger partial charge in [-0.05, 0) is 30.3 Å². The smallest absolute Gasteiger partial charge is 0.417 e. The lowest BCUT2D eigenvalue weighted by Crippen LogP contribution is -2.21. The lowest BCUT2D eigenvalue weighted by Gasteiger charge is -2.14. The van der Waals surface area contributed by atoms with Crippen molar-refractivity contribution in [2.24, 2.45) is 0 Å².